The summed E-state index contributed by atoms with van der Waals surface area (Å²) in [5.74, 6) is -0.970. The Morgan fingerprint density at radius 3 is 2.74 bits per heavy atom. The highest BCUT2D eigenvalue weighted by atomic mass is 35.5. The zero-order valence-electron chi connectivity index (χ0n) is 15.5. The third-order valence-corrected chi connectivity index (χ3v) is 7.25. The average molecular weight is 417 g/mol. The molecule has 1 amide bonds. The Bertz CT molecular complexity index is 808. The van der Waals surface area contributed by atoms with Crippen molar-refractivity contribution in [1.82, 2.24) is 9.62 Å². The van der Waals surface area contributed by atoms with E-state index in [-0.39, 0.29) is 22.0 Å². The summed E-state index contributed by atoms with van der Waals surface area (Å²) >= 11 is 6.17. The Balaban J connectivity index is 1.78. The summed E-state index contributed by atoms with van der Waals surface area (Å²) in [6, 6.07) is 4.29. The van der Waals surface area contributed by atoms with Gasteiger partial charge in [0.1, 0.15) is 4.90 Å². The van der Waals surface area contributed by atoms with Crippen LogP contribution in [0.1, 0.15) is 37.0 Å². The first-order chi connectivity index (χ1) is 12.7. The van der Waals surface area contributed by atoms with Crippen molar-refractivity contribution in [3.63, 3.8) is 0 Å². The van der Waals surface area contributed by atoms with Gasteiger partial charge < -0.3 is 14.8 Å². The van der Waals surface area contributed by atoms with E-state index >= 15 is 0 Å². The van der Waals surface area contributed by atoms with Crippen LogP contribution in [-0.4, -0.2) is 57.3 Å². The van der Waals surface area contributed by atoms with Crippen LogP contribution in [0.25, 0.3) is 0 Å². The van der Waals surface area contributed by atoms with Crippen molar-refractivity contribution in [3.05, 3.63) is 28.8 Å². The molecule has 1 aromatic rings. The Kier molecular flexibility index (Phi) is 6.12. The summed E-state index contributed by atoms with van der Waals surface area (Å²) in [5.41, 5.74) is 0.227. The van der Waals surface area contributed by atoms with E-state index in [0.29, 0.717) is 32.2 Å². The number of amides is 1. The van der Waals surface area contributed by atoms with E-state index in [4.69, 9.17) is 21.1 Å². The van der Waals surface area contributed by atoms with Crippen molar-refractivity contribution < 1.29 is 22.7 Å². The number of piperidine rings is 1. The SMILES string of the molecule is C[C@H]1CCCN(S(=O)(=O)c2cc(C(=O)NCC3(C)OCCO3)ccc2Cl)C1. The molecule has 0 radical (unpaired) electrons. The van der Waals surface area contributed by atoms with Crippen molar-refractivity contribution >= 4 is 27.5 Å². The Hall–Kier alpha value is -1.19. The van der Waals surface area contributed by atoms with Gasteiger partial charge in [0.2, 0.25) is 10.0 Å². The van der Waals surface area contributed by atoms with Gasteiger partial charge in [-0.2, -0.15) is 4.31 Å². The lowest BCUT2D eigenvalue weighted by molar-refractivity contribution is -0.136. The molecule has 0 saturated carbocycles. The fourth-order valence-corrected chi connectivity index (χ4v) is 5.45. The number of hydrogen-bond acceptors (Lipinski definition) is 5. The van der Waals surface area contributed by atoms with Gasteiger partial charge in [-0.25, -0.2) is 8.42 Å². The first-order valence-corrected chi connectivity index (χ1v) is 10.9. The summed E-state index contributed by atoms with van der Waals surface area (Å²) in [5, 5.41) is 2.84. The number of halogens is 1. The van der Waals surface area contributed by atoms with Gasteiger partial charge in [0.15, 0.2) is 5.79 Å². The van der Waals surface area contributed by atoms with Crippen LogP contribution < -0.4 is 5.32 Å². The summed E-state index contributed by atoms with van der Waals surface area (Å²) in [6.07, 6.45) is 1.82. The molecule has 2 aliphatic heterocycles. The molecular formula is C18H25ClN2O5S. The summed E-state index contributed by atoms with van der Waals surface area (Å²) in [7, 11) is -3.75. The molecule has 7 nitrogen and oxygen atoms in total. The Morgan fingerprint density at radius 1 is 1.37 bits per heavy atom. The zero-order chi connectivity index (χ0) is 19.7. The fourth-order valence-electron chi connectivity index (χ4n) is 3.35. The topological polar surface area (TPSA) is 84.9 Å². The highest BCUT2D eigenvalue weighted by Gasteiger charge is 2.33. The van der Waals surface area contributed by atoms with Crippen LogP contribution in [0.2, 0.25) is 5.02 Å². The standard InChI is InChI=1S/C18H25ClN2O5S/c1-13-4-3-7-21(11-13)27(23,24)16-10-14(5-6-15(16)19)17(22)20-12-18(2)25-8-9-26-18/h5-6,10,13H,3-4,7-9,11-12H2,1-2H3,(H,20,22)/t13-/m0/s1. The molecular weight excluding hydrogens is 392 g/mol. The van der Waals surface area contributed by atoms with Gasteiger partial charge in [0.25, 0.3) is 5.91 Å². The minimum absolute atomic E-state index is 0.0366. The van der Waals surface area contributed by atoms with E-state index in [1.54, 1.807) is 6.92 Å². The number of nitrogens with zero attached hydrogens (tertiary/aromatic N) is 1. The van der Waals surface area contributed by atoms with Crippen LogP contribution >= 0.6 is 11.6 Å². The highest BCUT2D eigenvalue weighted by Crippen LogP contribution is 2.29. The zero-order valence-corrected chi connectivity index (χ0v) is 17.1. The second-order valence-corrected chi connectivity index (χ2v) is 9.58. The molecule has 0 spiro atoms. The minimum Gasteiger partial charge on any atom is -0.347 e. The van der Waals surface area contributed by atoms with Crippen molar-refractivity contribution in [2.45, 2.75) is 37.4 Å². The van der Waals surface area contributed by atoms with Gasteiger partial charge in [-0.1, -0.05) is 18.5 Å². The molecule has 2 heterocycles. The number of hydrogen-bond donors (Lipinski definition) is 1. The maximum Gasteiger partial charge on any atom is 0.251 e. The number of ether oxygens (including phenoxy) is 2. The lowest BCUT2D eigenvalue weighted by Crippen LogP contribution is -2.41. The first-order valence-electron chi connectivity index (χ1n) is 9.07. The average Bonchev–Trinajstić information content (AvgIpc) is 3.07. The van der Waals surface area contributed by atoms with Crippen LogP contribution in [0.15, 0.2) is 23.1 Å². The monoisotopic (exact) mass is 416 g/mol. The fraction of sp³-hybridized carbons (Fsp3) is 0.611. The van der Waals surface area contributed by atoms with E-state index in [2.05, 4.69) is 5.32 Å². The number of rotatable bonds is 5. The third kappa shape index (κ3) is 4.63. The minimum atomic E-state index is -3.75. The molecule has 1 atom stereocenters. The summed E-state index contributed by atoms with van der Waals surface area (Å²) in [6.45, 7) is 5.82. The molecule has 0 aliphatic carbocycles. The van der Waals surface area contributed by atoms with Gasteiger partial charge in [-0.15, -0.1) is 0 Å². The van der Waals surface area contributed by atoms with Gasteiger partial charge in [0, 0.05) is 18.7 Å². The molecule has 3 rings (SSSR count). The van der Waals surface area contributed by atoms with Gasteiger partial charge in [-0.3, -0.25) is 4.79 Å². The lowest BCUT2D eigenvalue weighted by Gasteiger charge is -2.30. The number of benzene rings is 1. The van der Waals surface area contributed by atoms with Gasteiger partial charge >= 0.3 is 0 Å². The maximum atomic E-state index is 13.0. The van der Waals surface area contributed by atoms with Crippen molar-refractivity contribution in [2.75, 3.05) is 32.8 Å². The third-order valence-electron chi connectivity index (χ3n) is 4.90. The van der Waals surface area contributed by atoms with E-state index in [0.717, 1.165) is 12.8 Å². The molecule has 1 N–H and O–H groups in total. The number of carbonyl (C=O) groups is 1. The molecule has 0 unspecified atom stereocenters. The molecule has 27 heavy (non-hydrogen) atoms. The Labute approximate surface area is 165 Å². The predicted molar refractivity (Wildman–Crippen MR) is 101 cm³/mol. The molecule has 2 fully saturated rings. The van der Waals surface area contributed by atoms with Crippen LogP contribution in [0, 0.1) is 5.92 Å². The molecule has 9 heteroatoms. The second-order valence-electron chi connectivity index (χ2n) is 7.27. The molecule has 1 aromatic carbocycles. The van der Waals surface area contributed by atoms with Crippen molar-refractivity contribution in [2.24, 2.45) is 5.92 Å². The maximum absolute atomic E-state index is 13.0. The van der Waals surface area contributed by atoms with Crippen LogP contribution in [0.3, 0.4) is 0 Å². The van der Waals surface area contributed by atoms with Crippen LogP contribution in [0.5, 0.6) is 0 Å². The van der Waals surface area contributed by atoms with Crippen molar-refractivity contribution in [1.29, 1.82) is 0 Å². The van der Waals surface area contributed by atoms with Crippen molar-refractivity contribution in [3.8, 4) is 0 Å². The highest BCUT2D eigenvalue weighted by molar-refractivity contribution is 7.89. The molecule has 0 aromatic heterocycles. The van der Waals surface area contributed by atoms with Crippen LogP contribution in [0.4, 0.5) is 0 Å². The van der Waals surface area contributed by atoms with E-state index < -0.39 is 21.7 Å². The quantitative estimate of drug-likeness (QED) is 0.795. The number of sulfonamides is 1. The largest absolute Gasteiger partial charge is 0.347 e. The lowest BCUT2D eigenvalue weighted by atomic mass is 10.0. The van der Waals surface area contributed by atoms with E-state index in [1.807, 2.05) is 6.92 Å². The number of carbonyl (C=O) groups excluding carboxylic acids is 1. The predicted octanol–water partition coefficient (Wildman–Crippen LogP) is 2.25. The molecule has 0 bridgehead atoms. The molecule has 150 valence electrons. The van der Waals surface area contributed by atoms with Crippen LogP contribution in [-0.2, 0) is 19.5 Å². The summed E-state index contributed by atoms with van der Waals surface area (Å²) in [4.78, 5) is 12.5. The Morgan fingerprint density at radius 2 is 2.07 bits per heavy atom. The number of nitrogens with one attached hydrogen (secondary N) is 1. The normalized spacial score (nSPS) is 23.3. The van der Waals surface area contributed by atoms with Gasteiger partial charge in [-0.05, 0) is 43.9 Å². The second kappa shape index (κ2) is 8.05. The molecule has 2 saturated heterocycles. The first kappa shape index (κ1) is 20.5. The molecule has 2 aliphatic rings. The van der Waals surface area contributed by atoms with Gasteiger partial charge in [0.05, 0.1) is 24.8 Å². The van der Waals surface area contributed by atoms with E-state index in [1.165, 1.54) is 22.5 Å². The van der Waals surface area contributed by atoms with E-state index in [9.17, 15) is 13.2 Å². The summed E-state index contributed by atoms with van der Waals surface area (Å²) < 4.78 is 38.4. The smallest absolute Gasteiger partial charge is 0.251 e.